The monoisotopic (exact) mass is 519 g/mol. The average Bonchev–Trinajstić information content (AvgIpc) is 3.09. The van der Waals surface area contributed by atoms with Crippen LogP contribution in [0.3, 0.4) is 0 Å². The maximum absolute atomic E-state index is 13.4. The number of amidine groups is 1. The van der Waals surface area contributed by atoms with Gasteiger partial charge in [0, 0.05) is 74.6 Å². The second kappa shape index (κ2) is 13.2. The standard InChI is InChI=1S/C28H37N7O3/c1-2-12-35(38-19-20-3-7-24(29)8-4-20)28(37)23-16-21-5-6-22(17-25(21)33-26(30)18-23)27(36)32-11-15-34-13-9-31-10-14-34/h3-8,16-17,31H,2,9-15,18-19,29H2,1H3,(H2,30,33)(H,32,36). The smallest absolute Gasteiger partial charge is 0.273 e. The van der Waals surface area contributed by atoms with Gasteiger partial charge in [0.2, 0.25) is 0 Å². The number of carbonyl (C=O) groups excluding carboxylic acids is 2. The normalized spacial score (nSPS) is 15.6. The van der Waals surface area contributed by atoms with Crippen molar-refractivity contribution in [1.29, 1.82) is 0 Å². The van der Waals surface area contributed by atoms with Gasteiger partial charge in [0.1, 0.15) is 12.4 Å². The van der Waals surface area contributed by atoms with Gasteiger partial charge in [0.25, 0.3) is 11.8 Å². The van der Waals surface area contributed by atoms with Crippen LogP contribution in [0.5, 0.6) is 0 Å². The van der Waals surface area contributed by atoms with Crippen molar-refractivity contribution in [3.8, 4) is 0 Å². The first-order valence-corrected chi connectivity index (χ1v) is 13.1. The second-order valence-corrected chi connectivity index (χ2v) is 9.49. The van der Waals surface area contributed by atoms with Gasteiger partial charge in [-0.25, -0.2) is 10.1 Å². The summed E-state index contributed by atoms with van der Waals surface area (Å²) >= 11 is 0. The van der Waals surface area contributed by atoms with Crippen LogP contribution in [0.25, 0.3) is 6.08 Å². The fraction of sp³-hybridized carbons (Fsp3) is 0.393. The molecule has 0 bridgehead atoms. The summed E-state index contributed by atoms with van der Waals surface area (Å²) in [6, 6.07) is 12.6. The molecule has 0 aliphatic carbocycles. The minimum atomic E-state index is -0.261. The van der Waals surface area contributed by atoms with Gasteiger partial charge in [0.15, 0.2) is 0 Å². The second-order valence-electron chi connectivity index (χ2n) is 9.49. The van der Waals surface area contributed by atoms with Crippen molar-refractivity contribution < 1.29 is 14.4 Å². The van der Waals surface area contributed by atoms with E-state index in [4.69, 9.17) is 16.3 Å². The van der Waals surface area contributed by atoms with E-state index in [2.05, 4.69) is 20.5 Å². The van der Waals surface area contributed by atoms with Crippen molar-refractivity contribution in [3.05, 3.63) is 64.7 Å². The molecule has 4 rings (SSSR count). The number of nitrogen functional groups attached to an aromatic ring is 1. The number of amides is 2. The molecule has 1 saturated heterocycles. The lowest BCUT2D eigenvalue weighted by Gasteiger charge is -2.27. The maximum Gasteiger partial charge on any atom is 0.273 e. The number of piperazine rings is 1. The van der Waals surface area contributed by atoms with Crippen molar-refractivity contribution in [1.82, 2.24) is 20.6 Å². The molecule has 2 amide bonds. The van der Waals surface area contributed by atoms with Crippen LogP contribution in [0.1, 0.15) is 41.3 Å². The van der Waals surface area contributed by atoms with E-state index in [1.807, 2.05) is 19.1 Å². The molecule has 0 unspecified atom stereocenters. The van der Waals surface area contributed by atoms with E-state index in [-0.39, 0.29) is 24.8 Å². The van der Waals surface area contributed by atoms with Crippen molar-refractivity contribution >= 4 is 35.1 Å². The number of anilines is 1. The third-order valence-electron chi connectivity index (χ3n) is 6.48. The van der Waals surface area contributed by atoms with Crippen LogP contribution in [0.2, 0.25) is 0 Å². The molecule has 10 nitrogen and oxygen atoms in total. The van der Waals surface area contributed by atoms with E-state index in [9.17, 15) is 9.59 Å². The van der Waals surface area contributed by atoms with Gasteiger partial charge >= 0.3 is 0 Å². The summed E-state index contributed by atoms with van der Waals surface area (Å²) in [5.74, 6) is -0.121. The fourth-order valence-corrected chi connectivity index (χ4v) is 4.39. The zero-order chi connectivity index (χ0) is 26.9. The van der Waals surface area contributed by atoms with Crippen molar-refractivity contribution in [3.63, 3.8) is 0 Å². The third kappa shape index (κ3) is 7.41. The van der Waals surface area contributed by atoms with Gasteiger partial charge in [-0.05, 0) is 42.3 Å². The van der Waals surface area contributed by atoms with Crippen LogP contribution in [0.15, 0.2) is 53.0 Å². The SMILES string of the molecule is CCCN(OCc1ccc(N)cc1)C(=O)C1=Cc2ccc(C(=O)NCCN3CCNCC3)cc2N=C(N)C1. The quantitative estimate of drug-likeness (QED) is 0.278. The van der Waals surface area contributed by atoms with E-state index < -0.39 is 0 Å². The van der Waals surface area contributed by atoms with E-state index >= 15 is 0 Å². The van der Waals surface area contributed by atoms with Gasteiger partial charge in [-0.2, -0.15) is 0 Å². The number of nitrogens with zero attached hydrogens (tertiary/aromatic N) is 3. The number of nitrogens with two attached hydrogens (primary N) is 2. The lowest BCUT2D eigenvalue weighted by Crippen LogP contribution is -2.46. The molecule has 38 heavy (non-hydrogen) atoms. The lowest BCUT2D eigenvalue weighted by molar-refractivity contribution is -0.187. The number of carbonyl (C=O) groups is 2. The Labute approximate surface area is 223 Å². The van der Waals surface area contributed by atoms with Crippen molar-refractivity contribution in [2.75, 3.05) is 51.5 Å². The molecule has 1 fully saturated rings. The molecule has 2 aliphatic heterocycles. The van der Waals surface area contributed by atoms with Crippen LogP contribution >= 0.6 is 0 Å². The molecule has 2 aromatic carbocycles. The van der Waals surface area contributed by atoms with Crippen LogP contribution in [0, 0.1) is 0 Å². The highest BCUT2D eigenvalue weighted by Crippen LogP contribution is 2.28. The Hall–Kier alpha value is -3.73. The molecular weight excluding hydrogens is 482 g/mol. The molecule has 2 aliphatic rings. The topological polar surface area (TPSA) is 138 Å². The Morgan fingerprint density at radius 2 is 1.89 bits per heavy atom. The third-order valence-corrected chi connectivity index (χ3v) is 6.48. The molecule has 0 saturated carbocycles. The van der Waals surface area contributed by atoms with E-state index in [0.29, 0.717) is 41.4 Å². The molecular formula is C28H37N7O3. The van der Waals surface area contributed by atoms with E-state index in [0.717, 1.165) is 50.3 Å². The number of hydrogen-bond acceptors (Lipinski definition) is 8. The van der Waals surface area contributed by atoms with Crippen LogP contribution in [-0.2, 0) is 16.2 Å². The number of rotatable bonds is 10. The molecule has 0 aromatic heterocycles. The predicted octanol–water partition coefficient (Wildman–Crippen LogP) is 2.05. The Morgan fingerprint density at radius 1 is 1.13 bits per heavy atom. The largest absolute Gasteiger partial charge is 0.399 e. The Kier molecular flexibility index (Phi) is 9.47. The zero-order valence-corrected chi connectivity index (χ0v) is 21.9. The molecule has 6 N–H and O–H groups in total. The van der Waals surface area contributed by atoms with E-state index in [1.54, 1.807) is 36.4 Å². The average molecular weight is 520 g/mol. The van der Waals surface area contributed by atoms with Crippen molar-refractivity contribution in [2.45, 2.75) is 26.4 Å². The Bertz CT molecular complexity index is 1190. The summed E-state index contributed by atoms with van der Waals surface area (Å²) in [6.45, 7) is 7.96. The zero-order valence-electron chi connectivity index (χ0n) is 21.9. The number of benzene rings is 2. The summed E-state index contributed by atoms with van der Waals surface area (Å²) < 4.78 is 0. The fourth-order valence-electron chi connectivity index (χ4n) is 4.39. The molecule has 2 aromatic rings. The summed E-state index contributed by atoms with van der Waals surface area (Å²) in [4.78, 5) is 38.9. The first-order chi connectivity index (χ1) is 18.4. The van der Waals surface area contributed by atoms with Gasteiger partial charge in [0.05, 0.1) is 5.69 Å². The lowest BCUT2D eigenvalue weighted by atomic mass is 10.0. The highest BCUT2D eigenvalue weighted by Gasteiger charge is 2.23. The molecule has 0 atom stereocenters. The predicted molar refractivity (Wildman–Crippen MR) is 150 cm³/mol. The van der Waals surface area contributed by atoms with Crippen LogP contribution < -0.4 is 22.1 Å². The number of hydrogen-bond donors (Lipinski definition) is 4. The highest BCUT2D eigenvalue weighted by atomic mass is 16.7. The van der Waals surface area contributed by atoms with Gasteiger partial charge in [-0.15, -0.1) is 0 Å². The molecule has 0 spiro atoms. The minimum Gasteiger partial charge on any atom is -0.399 e. The summed E-state index contributed by atoms with van der Waals surface area (Å²) in [5, 5.41) is 7.69. The summed E-state index contributed by atoms with van der Waals surface area (Å²) in [6.07, 6.45) is 2.70. The minimum absolute atomic E-state index is 0.161. The van der Waals surface area contributed by atoms with Crippen LogP contribution in [-0.4, -0.2) is 73.4 Å². The summed E-state index contributed by atoms with van der Waals surface area (Å²) in [5.41, 5.74) is 15.8. The van der Waals surface area contributed by atoms with Crippen LogP contribution in [0.4, 0.5) is 11.4 Å². The first kappa shape index (κ1) is 27.3. The Balaban J connectivity index is 1.43. The Morgan fingerprint density at radius 3 is 2.63 bits per heavy atom. The van der Waals surface area contributed by atoms with Gasteiger partial charge < -0.3 is 22.1 Å². The first-order valence-electron chi connectivity index (χ1n) is 13.1. The number of hydroxylamine groups is 2. The summed E-state index contributed by atoms with van der Waals surface area (Å²) in [7, 11) is 0. The van der Waals surface area contributed by atoms with Crippen molar-refractivity contribution in [2.24, 2.45) is 10.7 Å². The van der Waals surface area contributed by atoms with Gasteiger partial charge in [-0.1, -0.05) is 25.1 Å². The highest BCUT2D eigenvalue weighted by molar-refractivity contribution is 6.05. The number of aliphatic imine (C=N–C) groups is 1. The molecule has 0 radical (unpaired) electrons. The maximum atomic E-state index is 13.4. The van der Waals surface area contributed by atoms with E-state index in [1.165, 1.54) is 5.06 Å². The molecule has 2 heterocycles. The molecule has 10 heteroatoms. The van der Waals surface area contributed by atoms with Gasteiger partial charge in [-0.3, -0.25) is 19.3 Å². The molecule has 202 valence electrons. The number of fused-ring (bicyclic) bond motifs is 1. The number of nitrogens with one attached hydrogen (secondary N) is 2.